The summed E-state index contributed by atoms with van der Waals surface area (Å²) in [5.74, 6) is 1.32. The lowest BCUT2D eigenvalue weighted by Crippen LogP contribution is -2.23. The number of aromatic nitrogens is 2. The zero-order chi connectivity index (χ0) is 10.2. The number of hydrogen-bond donors (Lipinski definition) is 0. The van der Waals surface area contributed by atoms with E-state index in [2.05, 4.69) is 41.2 Å². The Labute approximate surface area is 91.3 Å². The minimum Gasteiger partial charge on any atom is -0.240 e. The molecule has 0 spiro atoms. The minimum absolute atomic E-state index is 1.17. The molecule has 1 heterocycles. The first-order valence-electron chi connectivity index (χ1n) is 5.33. The molecular weight excluding hydrogens is 192 g/mol. The van der Waals surface area contributed by atoms with E-state index in [1.54, 1.807) is 0 Å². The average Bonchev–Trinajstić information content (AvgIpc) is 2.58. The van der Waals surface area contributed by atoms with Crippen molar-refractivity contribution < 1.29 is 4.57 Å². The maximum absolute atomic E-state index is 2.26. The number of unbranched alkanes of at least 4 members (excludes halogenated alkanes) is 3. The van der Waals surface area contributed by atoms with Gasteiger partial charge in [-0.2, -0.15) is 11.8 Å². The van der Waals surface area contributed by atoms with E-state index in [-0.39, 0.29) is 0 Å². The summed E-state index contributed by atoms with van der Waals surface area (Å²) in [5.41, 5.74) is 0. The van der Waals surface area contributed by atoms with Crippen LogP contribution in [-0.4, -0.2) is 16.6 Å². The molecule has 0 bridgehead atoms. The molecule has 3 heteroatoms. The highest BCUT2D eigenvalue weighted by Crippen LogP contribution is 2.05. The Morgan fingerprint density at radius 3 is 2.64 bits per heavy atom. The number of hydrogen-bond acceptors (Lipinski definition) is 1. The van der Waals surface area contributed by atoms with Crippen LogP contribution >= 0.6 is 11.8 Å². The van der Waals surface area contributed by atoms with E-state index in [4.69, 9.17) is 0 Å². The van der Waals surface area contributed by atoms with E-state index in [0.717, 1.165) is 0 Å². The molecule has 1 rings (SSSR count). The molecule has 0 aliphatic rings. The zero-order valence-electron chi connectivity index (χ0n) is 9.28. The average molecular weight is 213 g/mol. The molecule has 0 fully saturated rings. The molecule has 0 saturated carbocycles. The van der Waals surface area contributed by atoms with Crippen LogP contribution in [0.5, 0.6) is 0 Å². The van der Waals surface area contributed by atoms with Gasteiger partial charge in [0.15, 0.2) is 0 Å². The van der Waals surface area contributed by atoms with Gasteiger partial charge >= 0.3 is 0 Å². The molecule has 0 aliphatic carbocycles. The van der Waals surface area contributed by atoms with Crippen LogP contribution in [0.2, 0.25) is 0 Å². The molecule has 1 aromatic rings. The maximum atomic E-state index is 2.26. The summed E-state index contributed by atoms with van der Waals surface area (Å²) in [6, 6.07) is 0. The van der Waals surface area contributed by atoms with Crippen LogP contribution in [0.3, 0.4) is 0 Å². The van der Waals surface area contributed by atoms with Gasteiger partial charge in [-0.05, 0) is 31.3 Å². The maximum Gasteiger partial charge on any atom is 0.243 e. The van der Waals surface area contributed by atoms with Crippen molar-refractivity contribution in [1.82, 2.24) is 4.57 Å². The van der Waals surface area contributed by atoms with Crippen LogP contribution in [0.4, 0.5) is 0 Å². The summed E-state index contributed by atoms with van der Waals surface area (Å²) in [6.07, 6.45) is 14.0. The number of aryl methyl sites for hydroxylation is 2. The van der Waals surface area contributed by atoms with Gasteiger partial charge in [0.2, 0.25) is 6.33 Å². The standard InChI is InChI=1S/C11H21N2S/c1-12-8-9-13(11-12)7-5-3-4-6-10-14-2/h8-9,11H,3-7,10H2,1-2H3/q+1. The van der Waals surface area contributed by atoms with Gasteiger partial charge in [0, 0.05) is 0 Å². The number of nitrogens with zero attached hydrogens (tertiary/aromatic N) is 2. The second-order valence-corrected chi connectivity index (χ2v) is 4.71. The molecular formula is C11H21N2S+. The summed E-state index contributed by atoms with van der Waals surface area (Å²) in [5, 5.41) is 0. The van der Waals surface area contributed by atoms with Gasteiger partial charge in [-0.1, -0.05) is 6.42 Å². The Kier molecular flexibility index (Phi) is 5.76. The second kappa shape index (κ2) is 6.93. The number of rotatable bonds is 7. The predicted molar refractivity (Wildman–Crippen MR) is 62.5 cm³/mol. The predicted octanol–water partition coefficient (Wildman–Crippen LogP) is 2.24. The summed E-state index contributed by atoms with van der Waals surface area (Å²) in [4.78, 5) is 0. The van der Waals surface area contributed by atoms with Crippen LogP contribution in [0.15, 0.2) is 18.7 Å². The lowest BCUT2D eigenvalue weighted by Gasteiger charge is -1.98. The van der Waals surface area contributed by atoms with E-state index in [1.165, 1.54) is 38.0 Å². The van der Waals surface area contributed by atoms with E-state index in [9.17, 15) is 0 Å². The molecule has 80 valence electrons. The van der Waals surface area contributed by atoms with Gasteiger partial charge in [-0.3, -0.25) is 0 Å². The fraction of sp³-hybridized carbons (Fsp3) is 0.727. The summed E-state index contributed by atoms with van der Waals surface area (Å²) >= 11 is 1.95. The molecule has 0 aromatic carbocycles. The highest BCUT2D eigenvalue weighted by atomic mass is 32.2. The second-order valence-electron chi connectivity index (χ2n) is 3.72. The molecule has 2 nitrogen and oxygen atoms in total. The van der Waals surface area contributed by atoms with Crippen LogP contribution in [-0.2, 0) is 13.6 Å². The highest BCUT2D eigenvalue weighted by Gasteiger charge is 1.98. The Morgan fingerprint density at radius 1 is 1.21 bits per heavy atom. The summed E-state index contributed by atoms with van der Waals surface area (Å²) < 4.78 is 4.35. The molecule has 0 aliphatic heterocycles. The lowest BCUT2D eigenvalue weighted by molar-refractivity contribution is -0.671. The quantitative estimate of drug-likeness (QED) is 0.498. The number of imidazole rings is 1. The van der Waals surface area contributed by atoms with Crippen LogP contribution in [0.25, 0.3) is 0 Å². The van der Waals surface area contributed by atoms with Gasteiger partial charge in [0.25, 0.3) is 0 Å². The van der Waals surface area contributed by atoms with E-state index >= 15 is 0 Å². The smallest absolute Gasteiger partial charge is 0.240 e. The van der Waals surface area contributed by atoms with Gasteiger partial charge in [-0.25, -0.2) is 9.13 Å². The highest BCUT2D eigenvalue weighted by molar-refractivity contribution is 7.98. The molecule has 0 unspecified atom stereocenters. The molecule has 0 amide bonds. The van der Waals surface area contributed by atoms with Crippen molar-refractivity contribution in [3.63, 3.8) is 0 Å². The molecule has 0 atom stereocenters. The fourth-order valence-electron chi connectivity index (χ4n) is 1.53. The summed E-state index contributed by atoms with van der Waals surface area (Å²) in [6.45, 7) is 1.17. The van der Waals surface area contributed by atoms with Crippen molar-refractivity contribution in [2.24, 2.45) is 7.05 Å². The molecule has 1 aromatic heterocycles. The van der Waals surface area contributed by atoms with Crippen molar-refractivity contribution in [3.8, 4) is 0 Å². The molecule has 0 radical (unpaired) electrons. The topological polar surface area (TPSA) is 8.81 Å². The Hall–Kier alpha value is -0.440. The van der Waals surface area contributed by atoms with E-state index in [1.807, 2.05) is 11.8 Å². The van der Waals surface area contributed by atoms with E-state index < -0.39 is 0 Å². The number of thioether (sulfide) groups is 1. The van der Waals surface area contributed by atoms with E-state index in [0.29, 0.717) is 0 Å². The molecule has 0 saturated heterocycles. The Morgan fingerprint density at radius 2 is 2.00 bits per heavy atom. The largest absolute Gasteiger partial charge is 0.243 e. The van der Waals surface area contributed by atoms with Crippen LogP contribution in [0.1, 0.15) is 25.7 Å². The van der Waals surface area contributed by atoms with Crippen molar-refractivity contribution >= 4 is 11.8 Å². The molecule has 0 N–H and O–H groups in total. The normalized spacial score (nSPS) is 10.7. The first kappa shape index (κ1) is 11.6. The zero-order valence-corrected chi connectivity index (χ0v) is 10.1. The SMILES string of the molecule is CSCCCCCCn1cc[n+](C)c1. The van der Waals surface area contributed by atoms with Crippen molar-refractivity contribution in [1.29, 1.82) is 0 Å². The first-order chi connectivity index (χ1) is 6.83. The van der Waals surface area contributed by atoms with Crippen molar-refractivity contribution in [2.45, 2.75) is 32.2 Å². The third-order valence-electron chi connectivity index (χ3n) is 2.34. The third kappa shape index (κ3) is 4.70. The van der Waals surface area contributed by atoms with Gasteiger partial charge < -0.3 is 0 Å². The first-order valence-corrected chi connectivity index (χ1v) is 6.72. The van der Waals surface area contributed by atoms with Crippen molar-refractivity contribution in [3.05, 3.63) is 18.7 Å². The monoisotopic (exact) mass is 213 g/mol. The van der Waals surface area contributed by atoms with Gasteiger partial charge in [0.1, 0.15) is 12.4 Å². The lowest BCUT2D eigenvalue weighted by atomic mass is 10.2. The summed E-state index contributed by atoms with van der Waals surface area (Å²) in [7, 11) is 2.06. The molecule has 14 heavy (non-hydrogen) atoms. The fourth-order valence-corrected chi connectivity index (χ4v) is 2.02. The van der Waals surface area contributed by atoms with Gasteiger partial charge in [0.05, 0.1) is 13.6 Å². The Bertz CT molecular complexity index is 245. The van der Waals surface area contributed by atoms with Gasteiger partial charge in [-0.15, -0.1) is 0 Å². The third-order valence-corrected chi connectivity index (χ3v) is 3.04. The van der Waals surface area contributed by atoms with Crippen LogP contribution in [0, 0.1) is 0 Å². The van der Waals surface area contributed by atoms with Crippen LogP contribution < -0.4 is 4.57 Å². The Balaban J connectivity index is 1.99. The van der Waals surface area contributed by atoms with Crippen molar-refractivity contribution in [2.75, 3.05) is 12.0 Å². The minimum atomic E-state index is 1.17.